The minimum absolute atomic E-state index is 0.142. The molecular weight excluding hydrogens is 326 g/mol. The lowest BCUT2D eigenvalue weighted by molar-refractivity contribution is -0.115. The quantitative estimate of drug-likeness (QED) is 0.783. The highest BCUT2D eigenvalue weighted by Gasteiger charge is 2.08. The van der Waals surface area contributed by atoms with E-state index in [1.165, 1.54) is 12.1 Å². The molecule has 0 aromatic heterocycles. The number of rotatable bonds is 6. The maximum atomic E-state index is 12.8. The van der Waals surface area contributed by atoms with Gasteiger partial charge in [-0.1, -0.05) is 41.4 Å². The molecule has 0 heterocycles. The van der Waals surface area contributed by atoms with Crippen LogP contribution in [0, 0.1) is 5.82 Å². The maximum Gasteiger partial charge on any atom is 0.238 e. The van der Waals surface area contributed by atoms with Crippen LogP contribution in [0.4, 0.5) is 10.1 Å². The van der Waals surface area contributed by atoms with Gasteiger partial charge in [-0.05, 0) is 42.8 Å². The van der Waals surface area contributed by atoms with Crippen molar-refractivity contribution in [3.05, 3.63) is 63.9 Å². The highest BCUT2D eigenvalue weighted by atomic mass is 35.5. The fraction of sp³-hybridized carbons (Fsp3) is 0.188. The van der Waals surface area contributed by atoms with Crippen LogP contribution < -0.4 is 10.6 Å². The molecule has 0 unspecified atom stereocenters. The van der Waals surface area contributed by atoms with E-state index in [9.17, 15) is 9.18 Å². The van der Waals surface area contributed by atoms with Crippen LogP contribution in [0.5, 0.6) is 0 Å². The van der Waals surface area contributed by atoms with E-state index in [0.717, 1.165) is 5.56 Å². The summed E-state index contributed by atoms with van der Waals surface area (Å²) in [4.78, 5) is 11.8. The zero-order valence-corrected chi connectivity index (χ0v) is 13.2. The number of carbonyl (C=O) groups excluding carboxylic acids is 1. The second-order valence-electron chi connectivity index (χ2n) is 4.70. The molecule has 2 aromatic rings. The van der Waals surface area contributed by atoms with E-state index in [4.69, 9.17) is 23.2 Å². The van der Waals surface area contributed by atoms with Crippen LogP contribution in [0.25, 0.3) is 0 Å². The Bertz CT molecular complexity index is 627. The Kier molecular flexibility index (Phi) is 6.19. The van der Waals surface area contributed by atoms with Gasteiger partial charge < -0.3 is 10.6 Å². The van der Waals surface area contributed by atoms with Crippen molar-refractivity contribution < 1.29 is 9.18 Å². The summed E-state index contributed by atoms with van der Waals surface area (Å²) in [7, 11) is 0. The van der Waals surface area contributed by atoms with E-state index in [-0.39, 0.29) is 18.3 Å². The van der Waals surface area contributed by atoms with E-state index in [1.54, 1.807) is 30.3 Å². The fourth-order valence-corrected chi connectivity index (χ4v) is 2.38. The number of benzene rings is 2. The van der Waals surface area contributed by atoms with E-state index in [0.29, 0.717) is 28.7 Å². The Morgan fingerprint density at radius 3 is 2.32 bits per heavy atom. The third-order valence-corrected chi connectivity index (χ3v) is 3.65. The molecule has 2 N–H and O–H groups in total. The maximum absolute atomic E-state index is 12.8. The second kappa shape index (κ2) is 8.13. The van der Waals surface area contributed by atoms with Crippen molar-refractivity contribution in [2.75, 3.05) is 18.4 Å². The SMILES string of the molecule is O=C(CNCCc1ccc(F)cc1)Nc1c(Cl)cccc1Cl. The molecule has 22 heavy (non-hydrogen) atoms. The Hall–Kier alpha value is -1.62. The van der Waals surface area contributed by atoms with Crippen molar-refractivity contribution in [3.8, 4) is 0 Å². The molecule has 0 bridgehead atoms. The summed E-state index contributed by atoms with van der Waals surface area (Å²) in [5.41, 5.74) is 1.42. The first-order chi connectivity index (χ1) is 10.6. The Balaban J connectivity index is 1.75. The van der Waals surface area contributed by atoms with Gasteiger partial charge in [0, 0.05) is 0 Å². The highest BCUT2D eigenvalue weighted by molar-refractivity contribution is 6.39. The summed E-state index contributed by atoms with van der Waals surface area (Å²) < 4.78 is 12.8. The Morgan fingerprint density at radius 1 is 1.05 bits per heavy atom. The minimum atomic E-state index is -0.257. The van der Waals surface area contributed by atoms with Crippen molar-refractivity contribution in [2.24, 2.45) is 0 Å². The Morgan fingerprint density at radius 2 is 1.68 bits per heavy atom. The van der Waals surface area contributed by atoms with Crippen molar-refractivity contribution in [1.29, 1.82) is 0 Å². The van der Waals surface area contributed by atoms with Gasteiger partial charge in [-0.25, -0.2) is 4.39 Å². The molecule has 0 aliphatic rings. The van der Waals surface area contributed by atoms with Gasteiger partial charge in [-0.3, -0.25) is 4.79 Å². The van der Waals surface area contributed by atoms with Gasteiger partial charge in [0.15, 0.2) is 0 Å². The Labute approximate surface area is 138 Å². The van der Waals surface area contributed by atoms with Crippen LogP contribution in [0.3, 0.4) is 0 Å². The van der Waals surface area contributed by atoms with Crippen LogP contribution in [0.2, 0.25) is 10.0 Å². The van der Waals surface area contributed by atoms with Crippen molar-refractivity contribution >= 4 is 34.8 Å². The van der Waals surface area contributed by atoms with Crippen molar-refractivity contribution in [2.45, 2.75) is 6.42 Å². The molecule has 1 amide bonds. The summed E-state index contributed by atoms with van der Waals surface area (Å²) in [5, 5.41) is 6.48. The molecule has 0 aliphatic heterocycles. The first kappa shape index (κ1) is 16.7. The molecular formula is C16H15Cl2FN2O. The molecule has 2 rings (SSSR count). The summed E-state index contributed by atoms with van der Waals surface area (Å²) in [6.07, 6.45) is 0.709. The number of nitrogens with one attached hydrogen (secondary N) is 2. The van der Waals surface area contributed by atoms with Gasteiger partial charge in [0.05, 0.1) is 22.3 Å². The first-order valence-corrected chi connectivity index (χ1v) is 7.51. The molecule has 116 valence electrons. The van der Waals surface area contributed by atoms with Crippen molar-refractivity contribution in [1.82, 2.24) is 5.32 Å². The number of hydrogen-bond donors (Lipinski definition) is 2. The monoisotopic (exact) mass is 340 g/mol. The van der Waals surface area contributed by atoms with Gasteiger partial charge in [-0.15, -0.1) is 0 Å². The largest absolute Gasteiger partial charge is 0.322 e. The van der Waals surface area contributed by atoms with Gasteiger partial charge in [0.1, 0.15) is 5.82 Å². The molecule has 3 nitrogen and oxygen atoms in total. The standard InChI is InChI=1S/C16H15Cl2FN2O/c17-13-2-1-3-14(18)16(13)21-15(22)10-20-9-8-11-4-6-12(19)7-5-11/h1-7,20H,8-10H2,(H,21,22). The van der Waals surface area contributed by atoms with Gasteiger partial charge in [0.25, 0.3) is 0 Å². The lowest BCUT2D eigenvalue weighted by Gasteiger charge is -2.10. The van der Waals surface area contributed by atoms with Gasteiger partial charge in [-0.2, -0.15) is 0 Å². The number of para-hydroxylation sites is 1. The number of halogens is 3. The number of amides is 1. The number of anilines is 1. The zero-order valence-electron chi connectivity index (χ0n) is 11.7. The van der Waals surface area contributed by atoms with Crippen LogP contribution in [-0.4, -0.2) is 19.0 Å². The topological polar surface area (TPSA) is 41.1 Å². The third-order valence-electron chi connectivity index (χ3n) is 3.02. The molecule has 2 aromatic carbocycles. The van der Waals surface area contributed by atoms with Crippen LogP contribution in [0.1, 0.15) is 5.56 Å². The van der Waals surface area contributed by atoms with Crippen LogP contribution in [-0.2, 0) is 11.2 Å². The van der Waals surface area contributed by atoms with E-state index >= 15 is 0 Å². The van der Waals surface area contributed by atoms with E-state index in [2.05, 4.69) is 10.6 Å². The molecule has 0 fully saturated rings. The normalized spacial score (nSPS) is 10.5. The molecule has 0 saturated carbocycles. The van der Waals surface area contributed by atoms with Gasteiger partial charge in [0.2, 0.25) is 5.91 Å². The third kappa shape index (κ3) is 4.98. The minimum Gasteiger partial charge on any atom is -0.322 e. The van der Waals surface area contributed by atoms with E-state index < -0.39 is 0 Å². The average molecular weight is 341 g/mol. The zero-order chi connectivity index (χ0) is 15.9. The predicted octanol–water partition coefficient (Wildman–Crippen LogP) is 3.90. The summed E-state index contributed by atoms with van der Waals surface area (Å²) in [6, 6.07) is 11.3. The molecule has 0 atom stereocenters. The summed E-state index contributed by atoms with van der Waals surface area (Å²) in [6.45, 7) is 0.748. The number of carbonyl (C=O) groups is 1. The highest BCUT2D eigenvalue weighted by Crippen LogP contribution is 2.29. The van der Waals surface area contributed by atoms with Crippen LogP contribution >= 0.6 is 23.2 Å². The van der Waals surface area contributed by atoms with Gasteiger partial charge >= 0.3 is 0 Å². The predicted molar refractivity (Wildman–Crippen MR) is 88.1 cm³/mol. The smallest absolute Gasteiger partial charge is 0.238 e. The summed E-state index contributed by atoms with van der Waals surface area (Å²) >= 11 is 12.0. The molecule has 0 spiro atoms. The van der Waals surface area contributed by atoms with E-state index in [1.807, 2.05) is 0 Å². The summed E-state index contributed by atoms with van der Waals surface area (Å²) in [5.74, 6) is -0.484. The molecule has 0 aliphatic carbocycles. The van der Waals surface area contributed by atoms with Crippen molar-refractivity contribution in [3.63, 3.8) is 0 Å². The second-order valence-corrected chi connectivity index (χ2v) is 5.51. The molecule has 0 radical (unpaired) electrons. The molecule has 0 saturated heterocycles. The number of hydrogen-bond acceptors (Lipinski definition) is 2. The lowest BCUT2D eigenvalue weighted by Crippen LogP contribution is -2.29. The fourth-order valence-electron chi connectivity index (χ4n) is 1.89. The van der Waals surface area contributed by atoms with Crippen LogP contribution in [0.15, 0.2) is 42.5 Å². The lowest BCUT2D eigenvalue weighted by atomic mass is 10.1. The molecule has 6 heteroatoms. The average Bonchev–Trinajstić information content (AvgIpc) is 2.49. The first-order valence-electron chi connectivity index (χ1n) is 6.75.